The molecule has 0 spiro atoms. The summed E-state index contributed by atoms with van der Waals surface area (Å²) in [6.45, 7) is 2.46. The quantitative estimate of drug-likeness (QED) is 0.892. The highest BCUT2D eigenvalue weighted by atomic mass is 35.5. The molecule has 0 aliphatic heterocycles. The number of carbonyl (C=O) groups excluding carboxylic acids is 1. The van der Waals surface area contributed by atoms with Crippen molar-refractivity contribution in [1.29, 1.82) is 0 Å². The highest BCUT2D eigenvalue weighted by Crippen LogP contribution is 2.17. The fourth-order valence-corrected chi connectivity index (χ4v) is 2.68. The number of aromatic nitrogens is 1. The fourth-order valence-electron chi connectivity index (χ4n) is 1.76. The van der Waals surface area contributed by atoms with E-state index >= 15 is 0 Å². The van der Waals surface area contributed by atoms with E-state index in [0.717, 1.165) is 10.6 Å². The van der Waals surface area contributed by atoms with Crippen molar-refractivity contribution in [3.8, 4) is 0 Å². The molecule has 6 heteroatoms. The smallest absolute Gasteiger partial charge is 0.271 e. The van der Waals surface area contributed by atoms with Gasteiger partial charge in [0.25, 0.3) is 5.91 Å². The van der Waals surface area contributed by atoms with Crippen LogP contribution in [0.2, 0.25) is 5.02 Å². The maximum absolute atomic E-state index is 12.1. The predicted molar refractivity (Wildman–Crippen MR) is 82.2 cm³/mol. The van der Waals surface area contributed by atoms with Gasteiger partial charge in [0.2, 0.25) is 0 Å². The van der Waals surface area contributed by atoms with E-state index in [-0.39, 0.29) is 11.9 Å². The van der Waals surface area contributed by atoms with E-state index in [4.69, 9.17) is 17.3 Å². The van der Waals surface area contributed by atoms with Crippen LogP contribution in [0.4, 0.5) is 0 Å². The lowest BCUT2D eigenvalue weighted by Gasteiger charge is -2.13. The van der Waals surface area contributed by atoms with Crippen LogP contribution in [0, 0.1) is 0 Å². The molecule has 0 aliphatic carbocycles. The van der Waals surface area contributed by atoms with Crippen LogP contribution in [-0.2, 0) is 6.42 Å². The number of hydrogen-bond donors (Lipinski definition) is 2. The molecule has 0 fully saturated rings. The molecule has 1 atom stereocenters. The number of nitrogens with one attached hydrogen (secondary N) is 1. The zero-order chi connectivity index (χ0) is 14.5. The summed E-state index contributed by atoms with van der Waals surface area (Å²) in [4.78, 5) is 16.4. The first kappa shape index (κ1) is 15.0. The van der Waals surface area contributed by atoms with Crippen molar-refractivity contribution in [1.82, 2.24) is 10.3 Å². The summed E-state index contributed by atoms with van der Waals surface area (Å²) in [6, 6.07) is 7.31. The monoisotopic (exact) mass is 309 g/mol. The lowest BCUT2D eigenvalue weighted by molar-refractivity contribution is 0.0935. The van der Waals surface area contributed by atoms with Crippen LogP contribution in [0.3, 0.4) is 0 Å². The number of benzene rings is 1. The molecule has 0 saturated heterocycles. The first-order valence-electron chi connectivity index (χ1n) is 6.31. The standard InChI is InChI=1S/C14H16ClN3OS/c1-9(10-2-4-11(15)5-3-10)17-14(19)12-8-20-13(18-12)6-7-16/h2-5,8-9H,6-7,16H2,1H3,(H,17,19)/t9-/m0/s1. The van der Waals surface area contributed by atoms with Crippen molar-refractivity contribution in [2.24, 2.45) is 5.73 Å². The van der Waals surface area contributed by atoms with Gasteiger partial charge in [-0.2, -0.15) is 0 Å². The van der Waals surface area contributed by atoms with E-state index in [1.807, 2.05) is 31.2 Å². The van der Waals surface area contributed by atoms with E-state index in [1.165, 1.54) is 11.3 Å². The van der Waals surface area contributed by atoms with Crippen molar-refractivity contribution in [2.75, 3.05) is 6.54 Å². The second kappa shape index (κ2) is 6.83. The zero-order valence-corrected chi connectivity index (χ0v) is 12.7. The molecule has 1 aromatic carbocycles. The van der Waals surface area contributed by atoms with Crippen molar-refractivity contribution < 1.29 is 4.79 Å². The molecular formula is C14H16ClN3OS. The average molecular weight is 310 g/mol. The van der Waals surface area contributed by atoms with Crippen molar-refractivity contribution in [2.45, 2.75) is 19.4 Å². The Morgan fingerprint density at radius 2 is 2.15 bits per heavy atom. The lowest BCUT2D eigenvalue weighted by atomic mass is 10.1. The van der Waals surface area contributed by atoms with Gasteiger partial charge in [-0.05, 0) is 31.2 Å². The second-order valence-corrected chi connectivity index (χ2v) is 5.79. The predicted octanol–water partition coefficient (Wildman–Crippen LogP) is 2.79. The van der Waals surface area contributed by atoms with Gasteiger partial charge in [0.1, 0.15) is 5.69 Å². The molecule has 0 saturated carbocycles. The molecule has 2 rings (SSSR count). The summed E-state index contributed by atoms with van der Waals surface area (Å²) in [5.74, 6) is -0.174. The van der Waals surface area contributed by atoms with Crippen molar-refractivity contribution in [3.63, 3.8) is 0 Å². The molecular weight excluding hydrogens is 294 g/mol. The van der Waals surface area contributed by atoms with Crippen LogP contribution >= 0.6 is 22.9 Å². The molecule has 1 amide bonds. The summed E-state index contributed by atoms with van der Waals surface area (Å²) in [7, 11) is 0. The van der Waals surface area contributed by atoms with Crippen LogP contribution in [0.25, 0.3) is 0 Å². The van der Waals surface area contributed by atoms with Crippen LogP contribution in [0.1, 0.15) is 34.0 Å². The third-order valence-corrected chi connectivity index (χ3v) is 4.02. The second-order valence-electron chi connectivity index (χ2n) is 4.41. The maximum Gasteiger partial charge on any atom is 0.271 e. The van der Waals surface area contributed by atoms with Gasteiger partial charge in [0, 0.05) is 16.8 Å². The van der Waals surface area contributed by atoms with E-state index in [2.05, 4.69) is 10.3 Å². The zero-order valence-electron chi connectivity index (χ0n) is 11.1. The van der Waals surface area contributed by atoms with Gasteiger partial charge in [-0.3, -0.25) is 4.79 Å². The van der Waals surface area contributed by atoms with Crippen LogP contribution < -0.4 is 11.1 Å². The van der Waals surface area contributed by atoms with Crippen molar-refractivity contribution in [3.05, 3.63) is 50.9 Å². The number of rotatable bonds is 5. The van der Waals surface area contributed by atoms with E-state index in [0.29, 0.717) is 23.7 Å². The van der Waals surface area contributed by atoms with Crippen LogP contribution in [0.5, 0.6) is 0 Å². The Kier molecular flexibility index (Phi) is 5.11. The van der Waals surface area contributed by atoms with Gasteiger partial charge in [-0.15, -0.1) is 11.3 Å². The molecule has 1 heterocycles. The Morgan fingerprint density at radius 1 is 1.45 bits per heavy atom. The van der Waals surface area contributed by atoms with Gasteiger partial charge in [0.15, 0.2) is 0 Å². The van der Waals surface area contributed by atoms with E-state index < -0.39 is 0 Å². The highest BCUT2D eigenvalue weighted by Gasteiger charge is 2.14. The Balaban J connectivity index is 2.01. The Bertz CT molecular complexity index is 582. The van der Waals surface area contributed by atoms with Gasteiger partial charge in [-0.25, -0.2) is 4.98 Å². The summed E-state index contributed by atoms with van der Waals surface area (Å²) < 4.78 is 0. The van der Waals surface area contributed by atoms with Crippen molar-refractivity contribution >= 4 is 28.8 Å². The van der Waals surface area contributed by atoms with Gasteiger partial charge in [-0.1, -0.05) is 23.7 Å². The minimum atomic E-state index is -0.174. The SMILES string of the molecule is C[C@H](NC(=O)c1csc(CCN)n1)c1ccc(Cl)cc1. The molecule has 20 heavy (non-hydrogen) atoms. The number of amides is 1. The van der Waals surface area contributed by atoms with Crippen LogP contribution in [0.15, 0.2) is 29.6 Å². The molecule has 4 nitrogen and oxygen atoms in total. The maximum atomic E-state index is 12.1. The van der Waals surface area contributed by atoms with Gasteiger partial charge >= 0.3 is 0 Å². The molecule has 0 radical (unpaired) electrons. The molecule has 2 aromatic rings. The third-order valence-electron chi connectivity index (χ3n) is 2.86. The summed E-state index contributed by atoms with van der Waals surface area (Å²) in [5, 5.41) is 6.24. The average Bonchev–Trinajstić information content (AvgIpc) is 2.88. The third kappa shape index (κ3) is 3.79. The molecule has 0 unspecified atom stereocenters. The molecule has 106 valence electrons. The van der Waals surface area contributed by atoms with E-state index in [1.54, 1.807) is 5.38 Å². The topological polar surface area (TPSA) is 68.0 Å². The molecule has 0 aliphatic rings. The minimum absolute atomic E-state index is 0.0978. The highest BCUT2D eigenvalue weighted by molar-refractivity contribution is 7.09. The first-order valence-corrected chi connectivity index (χ1v) is 7.56. The number of nitrogens with two attached hydrogens (primary N) is 1. The van der Waals surface area contributed by atoms with Crippen LogP contribution in [-0.4, -0.2) is 17.4 Å². The Morgan fingerprint density at radius 3 is 2.80 bits per heavy atom. The number of carbonyl (C=O) groups is 1. The van der Waals surface area contributed by atoms with Gasteiger partial charge in [0.05, 0.1) is 11.0 Å². The first-order chi connectivity index (χ1) is 9.60. The number of halogens is 1. The van der Waals surface area contributed by atoms with E-state index in [9.17, 15) is 4.79 Å². The number of hydrogen-bond acceptors (Lipinski definition) is 4. The Hall–Kier alpha value is -1.43. The molecule has 3 N–H and O–H groups in total. The number of thiazole rings is 1. The summed E-state index contributed by atoms with van der Waals surface area (Å²) >= 11 is 7.30. The Labute approximate surface area is 127 Å². The number of nitrogens with zero attached hydrogens (tertiary/aromatic N) is 1. The lowest BCUT2D eigenvalue weighted by Crippen LogP contribution is -2.26. The summed E-state index contributed by atoms with van der Waals surface area (Å²) in [5.41, 5.74) is 6.91. The molecule has 0 bridgehead atoms. The normalized spacial score (nSPS) is 12.2. The minimum Gasteiger partial charge on any atom is -0.344 e. The molecule has 1 aromatic heterocycles. The fraction of sp³-hybridized carbons (Fsp3) is 0.286. The largest absolute Gasteiger partial charge is 0.344 e. The summed E-state index contributed by atoms with van der Waals surface area (Å²) in [6.07, 6.45) is 0.699. The van der Waals surface area contributed by atoms with Gasteiger partial charge < -0.3 is 11.1 Å².